The van der Waals surface area contributed by atoms with Gasteiger partial charge in [0.05, 0.1) is 0 Å². The SMILES string of the molecule is NCCC1CCN(C(=O)N2CCCCC2)CC1. The maximum absolute atomic E-state index is 12.2. The van der Waals surface area contributed by atoms with E-state index in [1.165, 1.54) is 19.3 Å². The second-order valence-electron chi connectivity index (χ2n) is 5.34. The van der Waals surface area contributed by atoms with E-state index in [-0.39, 0.29) is 6.03 Å². The molecule has 0 aromatic carbocycles. The molecule has 98 valence electrons. The van der Waals surface area contributed by atoms with E-state index < -0.39 is 0 Å². The van der Waals surface area contributed by atoms with Crippen molar-refractivity contribution < 1.29 is 4.79 Å². The average molecular weight is 239 g/mol. The quantitative estimate of drug-likeness (QED) is 0.796. The van der Waals surface area contributed by atoms with Gasteiger partial charge < -0.3 is 15.5 Å². The zero-order valence-corrected chi connectivity index (χ0v) is 10.7. The highest BCUT2D eigenvalue weighted by Gasteiger charge is 2.26. The Bertz CT molecular complexity index is 243. The van der Waals surface area contributed by atoms with E-state index in [4.69, 9.17) is 5.73 Å². The molecule has 2 amide bonds. The van der Waals surface area contributed by atoms with E-state index in [0.29, 0.717) is 0 Å². The highest BCUT2D eigenvalue weighted by Crippen LogP contribution is 2.21. The van der Waals surface area contributed by atoms with Gasteiger partial charge >= 0.3 is 6.03 Å². The molecule has 0 unspecified atom stereocenters. The fraction of sp³-hybridized carbons (Fsp3) is 0.923. The zero-order chi connectivity index (χ0) is 12.1. The van der Waals surface area contributed by atoms with Crippen LogP contribution in [0.5, 0.6) is 0 Å². The molecule has 2 heterocycles. The number of likely N-dealkylation sites (tertiary alicyclic amines) is 2. The Morgan fingerprint density at radius 1 is 1.00 bits per heavy atom. The van der Waals surface area contributed by atoms with Gasteiger partial charge in [0.2, 0.25) is 0 Å². The minimum Gasteiger partial charge on any atom is -0.330 e. The Morgan fingerprint density at radius 3 is 2.18 bits per heavy atom. The van der Waals surface area contributed by atoms with Crippen molar-refractivity contribution >= 4 is 6.03 Å². The molecule has 0 radical (unpaired) electrons. The highest BCUT2D eigenvalue weighted by atomic mass is 16.2. The average Bonchev–Trinajstić information content (AvgIpc) is 2.40. The minimum atomic E-state index is 0.274. The lowest BCUT2D eigenvalue weighted by Gasteiger charge is -2.37. The summed E-state index contributed by atoms with van der Waals surface area (Å²) < 4.78 is 0. The number of nitrogens with zero attached hydrogens (tertiary/aromatic N) is 2. The number of carbonyl (C=O) groups is 1. The lowest BCUT2D eigenvalue weighted by molar-refractivity contribution is 0.124. The molecule has 4 nitrogen and oxygen atoms in total. The zero-order valence-electron chi connectivity index (χ0n) is 10.7. The lowest BCUT2D eigenvalue weighted by atomic mass is 9.94. The van der Waals surface area contributed by atoms with Crippen molar-refractivity contribution in [2.24, 2.45) is 11.7 Å². The van der Waals surface area contributed by atoms with Gasteiger partial charge in [0.1, 0.15) is 0 Å². The van der Waals surface area contributed by atoms with E-state index in [1.54, 1.807) is 0 Å². The predicted molar refractivity (Wildman–Crippen MR) is 68.8 cm³/mol. The molecule has 0 spiro atoms. The molecule has 0 bridgehead atoms. The normalized spacial score (nSPS) is 22.9. The van der Waals surface area contributed by atoms with Crippen molar-refractivity contribution in [1.82, 2.24) is 9.80 Å². The third-order valence-corrected chi connectivity index (χ3v) is 4.09. The molecule has 0 atom stereocenters. The first-order chi connectivity index (χ1) is 8.31. The number of urea groups is 1. The molecule has 0 saturated carbocycles. The van der Waals surface area contributed by atoms with E-state index >= 15 is 0 Å². The maximum Gasteiger partial charge on any atom is 0.319 e. The van der Waals surface area contributed by atoms with Crippen molar-refractivity contribution in [3.8, 4) is 0 Å². The number of nitrogens with two attached hydrogens (primary N) is 1. The van der Waals surface area contributed by atoms with E-state index in [2.05, 4.69) is 0 Å². The molecule has 2 saturated heterocycles. The molecule has 2 N–H and O–H groups in total. The summed E-state index contributed by atoms with van der Waals surface area (Å²) in [5.41, 5.74) is 5.58. The molecule has 2 rings (SSSR count). The molecular formula is C13H25N3O. The fourth-order valence-corrected chi connectivity index (χ4v) is 2.93. The smallest absolute Gasteiger partial charge is 0.319 e. The van der Waals surface area contributed by atoms with Crippen LogP contribution in [0.2, 0.25) is 0 Å². The Kier molecular flexibility index (Phi) is 4.66. The van der Waals surface area contributed by atoms with Gasteiger partial charge in [-0.1, -0.05) is 0 Å². The second-order valence-corrected chi connectivity index (χ2v) is 5.34. The number of piperidine rings is 2. The summed E-state index contributed by atoms with van der Waals surface area (Å²) in [6.45, 7) is 4.56. The summed E-state index contributed by atoms with van der Waals surface area (Å²) in [5.74, 6) is 0.741. The van der Waals surface area contributed by atoms with Crippen LogP contribution in [0.3, 0.4) is 0 Å². The molecule has 0 aromatic rings. The Morgan fingerprint density at radius 2 is 1.59 bits per heavy atom. The molecule has 2 aliphatic rings. The van der Waals surface area contributed by atoms with Crippen LogP contribution in [-0.4, -0.2) is 48.6 Å². The molecule has 4 heteroatoms. The largest absolute Gasteiger partial charge is 0.330 e. The first-order valence-electron chi connectivity index (χ1n) is 7.05. The minimum absolute atomic E-state index is 0.274. The van der Waals surface area contributed by atoms with E-state index in [9.17, 15) is 4.79 Å². The van der Waals surface area contributed by atoms with Gasteiger partial charge in [0, 0.05) is 26.2 Å². The van der Waals surface area contributed by atoms with Crippen LogP contribution in [0.15, 0.2) is 0 Å². The Hall–Kier alpha value is -0.770. The van der Waals surface area contributed by atoms with Crippen LogP contribution in [0, 0.1) is 5.92 Å². The van der Waals surface area contributed by atoms with Crippen LogP contribution < -0.4 is 5.73 Å². The predicted octanol–water partition coefficient (Wildman–Crippen LogP) is 1.65. The number of rotatable bonds is 2. The van der Waals surface area contributed by atoms with Crippen molar-refractivity contribution in [3.63, 3.8) is 0 Å². The van der Waals surface area contributed by atoms with Gasteiger partial charge in [0.25, 0.3) is 0 Å². The summed E-state index contributed by atoms with van der Waals surface area (Å²) in [7, 11) is 0. The van der Waals surface area contributed by atoms with Crippen LogP contribution in [0.4, 0.5) is 4.79 Å². The summed E-state index contributed by atoms with van der Waals surface area (Å²) in [6, 6.07) is 0.274. The number of hydrogen-bond acceptors (Lipinski definition) is 2. The Labute approximate surface area is 104 Å². The summed E-state index contributed by atoms with van der Waals surface area (Å²) in [6.07, 6.45) is 7.02. The van der Waals surface area contributed by atoms with Gasteiger partial charge in [-0.15, -0.1) is 0 Å². The van der Waals surface area contributed by atoms with Crippen molar-refractivity contribution in [3.05, 3.63) is 0 Å². The monoisotopic (exact) mass is 239 g/mol. The van der Waals surface area contributed by atoms with Crippen LogP contribution in [0.1, 0.15) is 38.5 Å². The van der Waals surface area contributed by atoms with Gasteiger partial charge in [0.15, 0.2) is 0 Å². The van der Waals surface area contributed by atoms with Gasteiger partial charge in [-0.2, -0.15) is 0 Å². The van der Waals surface area contributed by atoms with E-state index in [1.807, 2.05) is 9.80 Å². The number of hydrogen-bond donors (Lipinski definition) is 1. The highest BCUT2D eigenvalue weighted by molar-refractivity contribution is 5.74. The van der Waals surface area contributed by atoms with Gasteiger partial charge in [-0.05, 0) is 51.0 Å². The van der Waals surface area contributed by atoms with Crippen LogP contribution >= 0.6 is 0 Å². The molecule has 0 aliphatic carbocycles. The van der Waals surface area contributed by atoms with Gasteiger partial charge in [-0.3, -0.25) is 0 Å². The van der Waals surface area contributed by atoms with Crippen molar-refractivity contribution in [2.75, 3.05) is 32.7 Å². The summed E-state index contributed by atoms with van der Waals surface area (Å²) in [5, 5.41) is 0. The van der Waals surface area contributed by atoms with Crippen molar-refractivity contribution in [1.29, 1.82) is 0 Å². The molecule has 0 aromatic heterocycles. The first kappa shape index (κ1) is 12.7. The maximum atomic E-state index is 12.2. The molecule has 17 heavy (non-hydrogen) atoms. The molecular weight excluding hydrogens is 214 g/mol. The lowest BCUT2D eigenvalue weighted by Crippen LogP contribution is -2.48. The van der Waals surface area contributed by atoms with Crippen LogP contribution in [0.25, 0.3) is 0 Å². The first-order valence-corrected chi connectivity index (χ1v) is 7.05. The fourth-order valence-electron chi connectivity index (χ4n) is 2.93. The van der Waals surface area contributed by atoms with Gasteiger partial charge in [-0.25, -0.2) is 4.79 Å². The Balaban J connectivity index is 1.77. The second kappa shape index (κ2) is 6.24. The van der Waals surface area contributed by atoms with Crippen LogP contribution in [-0.2, 0) is 0 Å². The van der Waals surface area contributed by atoms with E-state index in [0.717, 1.165) is 57.9 Å². The molecule has 2 aliphatic heterocycles. The third-order valence-electron chi connectivity index (χ3n) is 4.09. The molecule has 2 fully saturated rings. The summed E-state index contributed by atoms with van der Waals surface area (Å²) >= 11 is 0. The number of carbonyl (C=O) groups excluding carboxylic acids is 1. The topological polar surface area (TPSA) is 49.6 Å². The third kappa shape index (κ3) is 3.35. The summed E-state index contributed by atoms with van der Waals surface area (Å²) in [4.78, 5) is 16.3. The number of amides is 2. The standard InChI is InChI=1S/C13H25N3O/c14-7-4-12-5-10-16(11-6-12)13(17)15-8-2-1-3-9-15/h12H,1-11,14H2. The van der Waals surface area contributed by atoms with Crippen molar-refractivity contribution in [2.45, 2.75) is 38.5 Å².